The lowest BCUT2D eigenvalue weighted by atomic mass is 10.1. The molecule has 0 spiro atoms. The van der Waals surface area contributed by atoms with E-state index >= 15 is 0 Å². The van der Waals surface area contributed by atoms with Gasteiger partial charge in [-0.25, -0.2) is 0 Å². The lowest BCUT2D eigenvalue weighted by molar-refractivity contribution is 0.0735. The zero-order valence-corrected chi connectivity index (χ0v) is 12.8. The summed E-state index contributed by atoms with van der Waals surface area (Å²) in [6.45, 7) is 2.98. The molecule has 0 bridgehead atoms. The highest BCUT2D eigenvalue weighted by atomic mass is 35.5. The van der Waals surface area contributed by atoms with Gasteiger partial charge in [-0.15, -0.1) is 0 Å². The van der Waals surface area contributed by atoms with Crippen LogP contribution in [0.3, 0.4) is 0 Å². The number of rotatable bonds is 3. The fourth-order valence-electron chi connectivity index (χ4n) is 2.55. The molecule has 1 aromatic carbocycles. The van der Waals surface area contributed by atoms with Crippen molar-refractivity contribution in [3.63, 3.8) is 0 Å². The molecular weight excluding hydrogens is 288 g/mol. The highest BCUT2D eigenvalue weighted by molar-refractivity contribution is 6.31. The van der Waals surface area contributed by atoms with Crippen molar-refractivity contribution >= 4 is 23.2 Å². The number of anilines is 1. The topological polar surface area (TPSA) is 50.2 Å². The third kappa shape index (κ3) is 2.49. The minimum atomic E-state index is -0.211. The van der Waals surface area contributed by atoms with Crippen LogP contribution in [0.1, 0.15) is 35.4 Å². The molecule has 2 heterocycles. The van der Waals surface area contributed by atoms with Gasteiger partial charge in [-0.3, -0.25) is 9.48 Å². The molecule has 1 amide bonds. The van der Waals surface area contributed by atoms with E-state index < -0.39 is 0 Å². The summed E-state index contributed by atoms with van der Waals surface area (Å²) in [5.74, 6) is -0.0421. The van der Waals surface area contributed by atoms with Crippen molar-refractivity contribution in [1.29, 1.82) is 0 Å². The first kappa shape index (κ1) is 13.9. The van der Waals surface area contributed by atoms with Crippen LogP contribution in [0, 0.1) is 0 Å². The maximum absolute atomic E-state index is 12.5. The van der Waals surface area contributed by atoms with Gasteiger partial charge in [-0.2, -0.15) is 5.10 Å². The van der Waals surface area contributed by atoms with Crippen molar-refractivity contribution in [3.05, 3.63) is 46.7 Å². The minimum absolute atomic E-state index is 0.0421. The van der Waals surface area contributed by atoms with Crippen LogP contribution in [0.5, 0.6) is 0 Å². The van der Waals surface area contributed by atoms with Crippen LogP contribution in [-0.4, -0.2) is 27.6 Å². The first-order valence-electron chi connectivity index (χ1n) is 6.95. The predicted molar refractivity (Wildman–Crippen MR) is 82.4 cm³/mol. The van der Waals surface area contributed by atoms with Gasteiger partial charge in [0, 0.05) is 36.1 Å². The van der Waals surface area contributed by atoms with Crippen molar-refractivity contribution < 1.29 is 4.79 Å². The third-order valence-corrected chi connectivity index (χ3v) is 3.87. The Morgan fingerprint density at radius 2 is 2.24 bits per heavy atom. The Labute approximate surface area is 128 Å². The molecule has 5 nitrogen and oxygen atoms in total. The molecule has 0 aliphatic carbocycles. The van der Waals surface area contributed by atoms with E-state index in [-0.39, 0.29) is 12.1 Å². The zero-order valence-electron chi connectivity index (χ0n) is 12.0. The second kappa shape index (κ2) is 5.41. The summed E-state index contributed by atoms with van der Waals surface area (Å²) >= 11 is 5.97. The van der Waals surface area contributed by atoms with Crippen LogP contribution >= 0.6 is 11.6 Å². The Bertz CT molecular complexity index is 682. The van der Waals surface area contributed by atoms with Crippen molar-refractivity contribution in [3.8, 4) is 0 Å². The number of nitrogens with zero attached hydrogens (tertiary/aromatic N) is 3. The van der Waals surface area contributed by atoms with Crippen LogP contribution in [0.15, 0.2) is 30.6 Å². The smallest absolute Gasteiger partial charge is 0.257 e. The summed E-state index contributed by atoms with van der Waals surface area (Å²) in [4.78, 5) is 14.2. The normalized spacial score (nSPS) is 17.6. The van der Waals surface area contributed by atoms with Gasteiger partial charge in [-0.05, 0) is 24.6 Å². The Morgan fingerprint density at radius 1 is 1.43 bits per heavy atom. The fourth-order valence-corrected chi connectivity index (χ4v) is 2.72. The van der Waals surface area contributed by atoms with E-state index in [0.29, 0.717) is 10.6 Å². The van der Waals surface area contributed by atoms with Gasteiger partial charge >= 0.3 is 0 Å². The summed E-state index contributed by atoms with van der Waals surface area (Å²) in [7, 11) is 1.78. The molecule has 1 atom stereocenters. The van der Waals surface area contributed by atoms with Crippen LogP contribution in [0.4, 0.5) is 5.69 Å². The van der Waals surface area contributed by atoms with Crippen molar-refractivity contribution in [1.82, 2.24) is 14.7 Å². The predicted octanol–water partition coefficient (Wildman–Crippen LogP) is 3.14. The van der Waals surface area contributed by atoms with Gasteiger partial charge in [0.2, 0.25) is 0 Å². The van der Waals surface area contributed by atoms with Crippen LogP contribution in [0.25, 0.3) is 0 Å². The lowest BCUT2D eigenvalue weighted by Gasteiger charge is -2.34. The van der Waals surface area contributed by atoms with E-state index in [9.17, 15) is 4.79 Å². The number of nitrogens with one attached hydrogen (secondary N) is 1. The minimum Gasteiger partial charge on any atom is -0.361 e. The van der Waals surface area contributed by atoms with E-state index in [2.05, 4.69) is 17.3 Å². The zero-order chi connectivity index (χ0) is 15.0. The number of fused-ring (bicyclic) bond motifs is 1. The molecule has 1 N–H and O–H groups in total. The van der Waals surface area contributed by atoms with Gasteiger partial charge in [0.05, 0.1) is 11.8 Å². The van der Waals surface area contributed by atoms with E-state index in [1.807, 2.05) is 16.9 Å². The maximum Gasteiger partial charge on any atom is 0.257 e. The number of aryl methyl sites for hydroxylation is 1. The molecule has 1 aliphatic rings. The number of carbonyl (C=O) groups excluding carboxylic acids is 1. The van der Waals surface area contributed by atoms with E-state index in [4.69, 9.17) is 11.6 Å². The number of hydrogen-bond donors (Lipinski definition) is 1. The Morgan fingerprint density at radius 3 is 3.00 bits per heavy atom. The first-order valence-corrected chi connectivity index (χ1v) is 7.33. The second-order valence-electron chi connectivity index (χ2n) is 5.19. The number of hydrogen-bond acceptors (Lipinski definition) is 3. The van der Waals surface area contributed by atoms with Gasteiger partial charge < -0.3 is 10.2 Å². The molecule has 0 fully saturated rings. The third-order valence-electron chi connectivity index (χ3n) is 3.63. The van der Waals surface area contributed by atoms with Gasteiger partial charge in [0.1, 0.15) is 6.17 Å². The number of carbonyl (C=O) groups is 1. The molecule has 1 unspecified atom stereocenters. The summed E-state index contributed by atoms with van der Waals surface area (Å²) in [5.41, 5.74) is 2.37. The monoisotopic (exact) mass is 304 g/mol. The largest absolute Gasteiger partial charge is 0.361 e. The standard InChI is InChI=1S/C15H17ClN4O/c1-3-6-20-9-10(8-17-20)14-18-13-5-4-11(16)7-12(13)15(21)19(14)2/h4-5,7-9,14,18H,3,6H2,1-2H3. The summed E-state index contributed by atoms with van der Waals surface area (Å²) in [5, 5.41) is 8.26. The summed E-state index contributed by atoms with van der Waals surface area (Å²) in [6.07, 6.45) is 4.59. The highest BCUT2D eigenvalue weighted by Crippen LogP contribution is 2.33. The van der Waals surface area contributed by atoms with Crippen molar-refractivity contribution in [2.75, 3.05) is 12.4 Å². The molecule has 6 heteroatoms. The second-order valence-corrected chi connectivity index (χ2v) is 5.63. The molecule has 0 saturated heterocycles. The van der Waals surface area contributed by atoms with Crippen LogP contribution in [0.2, 0.25) is 5.02 Å². The summed E-state index contributed by atoms with van der Waals surface area (Å²) in [6, 6.07) is 5.31. The fraction of sp³-hybridized carbons (Fsp3) is 0.333. The number of halogens is 1. The van der Waals surface area contributed by atoms with Crippen molar-refractivity contribution in [2.24, 2.45) is 0 Å². The average Bonchev–Trinajstić information content (AvgIpc) is 2.92. The molecule has 2 aromatic rings. The summed E-state index contributed by atoms with van der Waals surface area (Å²) < 4.78 is 1.90. The molecule has 0 saturated carbocycles. The highest BCUT2D eigenvalue weighted by Gasteiger charge is 2.31. The molecule has 3 rings (SSSR count). The lowest BCUT2D eigenvalue weighted by Crippen LogP contribution is -2.40. The van der Waals surface area contributed by atoms with Gasteiger partial charge in [0.25, 0.3) is 5.91 Å². The quantitative estimate of drug-likeness (QED) is 0.947. The van der Waals surface area contributed by atoms with E-state index in [0.717, 1.165) is 24.2 Å². The molecule has 1 aromatic heterocycles. The number of amides is 1. The number of aromatic nitrogens is 2. The Kier molecular flexibility index (Phi) is 3.59. The van der Waals surface area contributed by atoms with E-state index in [1.54, 1.807) is 30.3 Å². The Hall–Kier alpha value is -2.01. The first-order chi connectivity index (χ1) is 10.1. The van der Waals surface area contributed by atoms with Gasteiger partial charge in [-0.1, -0.05) is 18.5 Å². The van der Waals surface area contributed by atoms with Crippen LogP contribution in [-0.2, 0) is 6.54 Å². The molecule has 0 radical (unpaired) electrons. The average molecular weight is 305 g/mol. The Balaban J connectivity index is 1.94. The molecule has 110 valence electrons. The van der Waals surface area contributed by atoms with Crippen molar-refractivity contribution in [2.45, 2.75) is 26.1 Å². The molecule has 1 aliphatic heterocycles. The maximum atomic E-state index is 12.5. The molecular formula is C15H17ClN4O. The molecule has 21 heavy (non-hydrogen) atoms. The van der Waals surface area contributed by atoms with Crippen LogP contribution < -0.4 is 5.32 Å². The number of benzene rings is 1. The SMILES string of the molecule is CCCn1cc(C2Nc3ccc(Cl)cc3C(=O)N2C)cn1. The van der Waals surface area contributed by atoms with E-state index in [1.165, 1.54) is 0 Å². The van der Waals surface area contributed by atoms with Gasteiger partial charge in [0.15, 0.2) is 0 Å².